The van der Waals surface area contributed by atoms with Gasteiger partial charge in [0.1, 0.15) is 0 Å². The number of nitrogens with one attached hydrogen (secondary N) is 3. The topological polar surface area (TPSA) is 113 Å². The Kier molecular flexibility index (Phi) is 5.03. The van der Waals surface area contributed by atoms with E-state index in [0.717, 1.165) is 0 Å². The summed E-state index contributed by atoms with van der Waals surface area (Å²) in [7, 11) is 1.41. The van der Waals surface area contributed by atoms with Gasteiger partial charge >= 0.3 is 6.03 Å². The van der Waals surface area contributed by atoms with Crippen molar-refractivity contribution in [3.05, 3.63) is 46.0 Å². The van der Waals surface area contributed by atoms with Gasteiger partial charge in [-0.2, -0.15) is 0 Å². The molecule has 0 heterocycles. The number of hydrogen-bond acceptors (Lipinski definition) is 4. The average molecular weight is 264 g/mol. The van der Waals surface area contributed by atoms with E-state index >= 15 is 0 Å². The van der Waals surface area contributed by atoms with Gasteiger partial charge in [-0.15, -0.1) is 0 Å². The van der Waals surface area contributed by atoms with E-state index in [1.54, 1.807) is 0 Å². The number of non-ortho nitro benzene ring substituents is 1. The first-order valence-electron chi connectivity index (χ1n) is 5.23. The number of benzene rings is 1. The molecule has 100 valence electrons. The van der Waals surface area contributed by atoms with Crippen molar-refractivity contribution in [3.8, 4) is 0 Å². The molecule has 0 saturated heterocycles. The Morgan fingerprint density at radius 1 is 1.21 bits per heavy atom. The molecule has 0 aliphatic heterocycles. The quantitative estimate of drug-likeness (QED) is 0.420. The van der Waals surface area contributed by atoms with Gasteiger partial charge in [-0.3, -0.25) is 20.3 Å². The minimum absolute atomic E-state index is 0.0251. The minimum Gasteiger partial charge on any atom is -0.340 e. The number of hydrazine groups is 1. The Morgan fingerprint density at radius 2 is 1.84 bits per heavy atom. The summed E-state index contributed by atoms with van der Waals surface area (Å²) in [6.07, 6.45) is 2.65. The van der Waals surface area contributed by atoms with E-state index < -0.39 is 16.9 Å². The zero-order valence-corrected chi connectivity index (χ0v) is 10.0. The highest BCUT2D eigenvalue weighted by Gasteiger charge is 2.02. The highest BCUT2D eigenvalue weighted by atomic mass is 16.6. The summed E-state index contributed by atoms with van der Waals surface area (Å²) < 4.78 is 0. The van der Waals surface area contributed by atoms with Crippen LogP contribution in [0.5, 0.6) is 0 Å². The summed E-state index contributed by atoms with van der Waals surface area (Å²) in [6, 6.07) is 5.14. The molecule has 0 radical (unpaired) electrons. The van der Waals surface area contributed by atoms with Gasteiger partial charge in [0, 0.05) is 25.3 Å². The Balaban J connectivity index is 2.54. The van der Waals surface area contributed by atoms with E-state index in [0.29, 0.717) is 5.56 Å². The molecule has 0 spiro atoms. The van der Waals surface area contributed by atoms with Crippen molar-refractivity contribution in [1.82, 2.24) is 16.2 Å². The molecule has 19 heavy (non-hydrogen) atoms. The lowest BCUT2D eigenvalue weighted by atomic mass is 10.2. The minimum atomic E-state index is -0.544. The third-order valence-corrected chi connectivity index (χ3v) is 2.06. The predicted molar refractivity (Wildman–Crippen MR) is 67.9 cm³/mol. The zero-order chi connectivity index (χ0) is 14.3. The number of hydrogen-bond donors (Lipinski definition) is 3. The summed E-state index contributed by atoms with van der Waals surface area (Å²) in [5.41, 5.74) is 4.84. The molecule has 0 saturated carbocycles. The normalized spacial score (nSPS) is 9.95. The van der Waals surface area contributed by atoms with Gasteiger partial charge < -0.3 is 5.32 Å². The van der Waals surface area contributed by atoms with E-state index in [1.165, 1.54) is 43.5 Å². The molecule has 0 aliphatic carbocycles. The lowest BCUT2D eigenvalue weighted by Gasteiger charge is -2.03. The first kappa shape index (κ1) is 14.2. The van der Waals surface area contributed by atoms with Gasteiger partial charge in [-0.1, -0.05) is 0 Å². The van der Waals surface area contributed by atoms with Crippen molar-refractivity contribution in [3.63, 3.8) is 0 Å². The van der Waals surface area contributed by atoms with E-state index in [2.05, 4.69) is 16.2 Å². The van der Waals surface area contributed by atoms with Crippen LogP contribution in [0, 0.1) is 10.1 Å². The van der Waals surface area contributed by atoms with Crippen molar-refractivity contribution >= 4 is 23.7 Å². The summed E-state index contributed by atoms with van der Waals surface area (Å²) in [4.78, 5) is 32.0. The van der Waals surface area contributed by atoms with Crippen LogP contribution in [-0.4, -0.2) is 23.9 Å². The maximum atomic E-state index is 11.3. The van der Waals surface area contributed by atoms with Crippen LogP contribution >= 0.6 is 0 Å². The van der Waals surface area contributed by atoms with Crippen molar-refractivity contribution in [2.24, 2.45) is 0 Å². The van der Waals surface area contributed by atoms with Crippen LogP contribution in [0.4, 0.5) is 10.5 Å². The van der Waals surface area contributed by atoms with Crippen LogP contribution in [-0.2, 0) is 4.79 Å². The summed E-state index contributed by atoms with van der Waals surface area (Å²) >= 11 is 0. The maximum Gasteiger partial charge on any atom is 0.333 e. The van der Waals surface area contributed by atoms with Gasteiger partial charge in [0.15, 0.2) is 0 Å². The number of urea groups is 1. The molecule has 0 atom stereocenters. The number of carbonyl (C=O) groups is 2. The molecule has 0 aliphatic rings. The van der Waals surface area contributed by atoms with Gasteiger partial charge in [0.2, 0.25) is 0 Å². The number of nitro benzene ring substituents is 1. The second-order valence-electron chi connectivity index (χ2n) is 3.38. The summed E-state index contributed by atoms with van der Waals surface area (Å²) in [5.74, 6) is -0.526. The fourth-order valence-corrected chi connectivity index (χ4v) is 1.10. The largest absolute Gasteiger partial charge is 0.340 e. The highest BCUT2D eigenvalue weighted by Crippen LogP contribution is 2.12. The molecule has 1 aromatic carbocycles. The van der Waals surface area contributed by atoms with Crippen LogP contribution in [0.15, 0.2) is 30.3 Å². The molecule has 0 aromatic heterocycles. The SMILES string of the molecule is CNC(=O)NNC(=O)/C=C/c1ccc([N+](=O)[O-])cc1. The summed E-state index contributed by atoms with van der Waals surface area (Å²) in [6.45, 7) is 0. The van der Waals surface area contributed by atoms with Crippen LogP contribution in [0.3, 0.4) is 0 Å². The molecule has 3 N–H and O–H groups in total. The number of nitrogens with zero attached hydrogens (tertiary/aromatic N) is 1. The smallest absolute Gasteiger partial charge is 0.333 e. The number of amides is 3. The Labute approximate surface area is 108 Å². The van der Waals surface area contributed by atoms with Crippen molar-refractivity contribution in [2.75, 3.05) is 7.05 Å². The van der Waals surface area contributed by atoms with Gasteiger partial charge in [-0.05, 0) is 23.8 Å². The second kappa shape index (κ2) is 6.74. The van der Waals surface area contributed by atoms with Crippen molar-refractivity contribution in [2.45, 2.75) is 0 Å². The Hall–Kier alpha value is -2.90. The summed E-state index contributed by atoms with van der Waals surface area (Å²) in [5, 5.41) is 12.7. The fraction of sp³-hybridized carbons (Fsp3) is 0.0909. The van der Waals surface area contributed by atoms with Crippen LogP contribution < -0.4 is 16.2 Å². The van der Waals surface area contributed by atoms with Gasteiger partial charge in [0.25, 0.3) is 11.6 Å². The highest BCUT2D eigenvalue weighted by molar-refractivity contribution is 5.92. The molecule has 0 fully saturated rings. The van der Waals surface area contributed by atoms with Gasteiger partial charge in [0.05, 0.1) is 4.92 Å². The average Bonchev–Trinajstić information content (AvgIpc) is 2.42. The van der Waals surface area contributed by atoms with E-state index in [9.17, 15) is 19.7 Å². The van der Waals surface area contributed by atoms with Crippen LogP contribution in [0.25, 0.3) is 6.08 Å². The third kappa shape index (κ3) is 4.86. The zero-order valence-electron chi connectivity index (χ0n) is 10.0. The number of nitro groups is 1. The molecule has 3 amide bonds. The molecule has 1 rings (SSSR count). The molecular formula is C11H12N4O4. The maximum absolute atomic E-state index is 11.3. The first-order chi connectivity index (χ1) is 9.02. The first-order valence-corrected chi connectivity index (χ1v) is 5.23. The lowest BCUT2D eigenvalue weighted by Crippen LogP contribution is -2.45. The number of rotatable bonds is 3. The second-order valence-corrected chi connectivity index (χ2v) is 3.38. The molecule has 0 bridgehead atoms. The third-order valence-electron chi connectivity index (χ3n) is 2.06. The molecule has 0 unspecified atom stereocenters. The monoisotopic (exact) mass is 264 g/mol. The predicted octanol–water partition coefficient (Wildman–Crippen LogP) is 0.568. The van der Waals surface area contributed by atoms with E-state index in [1.807, 2.05) is 0 Å². The fourth-order valence-electron chi connectivity index (χ4n) is 1.10. The number of carbonyl (C=O) groups excluding carboxylic acids is 2. The standard InChI is InChI=1S/C11H12N4O4/c1-12-11(17)14-13-10(16)7-4-8-2-5-9(6-3-8)15(18)19/h2-7H,1H3,(H,13,16)(H2,12,14,17)/b7-4+. The van der Waals surface area contributed by atoms with Crippen molar-refractivity contribution in [1.29, 1.82) is 0 Å². The van der Waals surface area contributed by atoms with Crippen LogP contribution in [0.2, 0.25) is 0 Å². The van der Waals surface area contributed by atoms with Crippen LogP contribution in [0.1, 0.15) is 5.56 Å². The Bertz CT molecular complexity index is 510. The van der Waals surface area contributed by atoms with Crippen molar-refractivity contribution < 1.29 is 14.5 Å². The van der Waals surface area contributed by atoms with Gasteiger partial charge in [-0.25, -0.2) is 10.2 Å². The Morgan fingerprint density at radius 3 is 2.37 bits per heavy atom. The lowest BCUT2D eigenvalue weighted by molar-refractivity contribution is -0.384. The molecule has 8 heteroatoms. The van der Waals surface area contributed by atoms with E-state index in [4.69, 9.17) is 0 Å². The molecular weight excluding hydrogens is 252 g/mol. The molecule has 8 nitrogen and oxygen atoms in total. The van der Waals surface area contributed by atoms with E-state index in [-0.39, 0.29) is 5.69 Å². The molecule has 1 aromatic rings.